The van der Waals surface area contributed by atoms with E-state index < -0.39 is 23.8 Å². The lowest BCUT2D eigenvalue weighted by molar-refractivity contribution is -0.136. The third-order valence-corrected chi connectivity index (χ3v) is 7.98. The zero-order valence-electron chi connectivity index (χ0n) is 19.0. The molecule has 1 unspecified atom stereocenters. The Kier molecular flexibility index (Phi) is 5.38. The van der Waals surface area contributed by atoms with Crippen LogP contribution in [0, 0.1) is 0 Å². The maximum absolute atomic E-state index is 13.1. The van der Waals surface area contributed by atoms with Gasteiger partial charge in [0.2, 0.25) is 11.8 Å². The van der Waals surface area contributed by atoms with Crippen LogP contribution >= 0.6 is 11.3 Å². The van der Waals surface area contributed by atoms with E-state index in [4.69, 9.17) is 0 Å². The van der Waals surface area contributed by atoms with E-state index >= 15 is 0 Å². The molecule has 178 valence electrons. The highest BCUT2D eigenvalue weighted by molar-refractivity contribution is 7.17. The van der Waals surface area contributed by atoms with E-state index in [1.165, 1.54) is 15.8 Å². The van der Waals surface area contributed by atoms with Crippen LogP contribution in [-0.4, -0.2) is 65.6 Å². The molecule has 2 saturated heterocycles. The summed E-state index contributed by atoms with van der Waals surface area (Å²) in [5.74, 6) is -1.90. The highest BCUT2D eigenvalue weighted by Crippen LogP contribution is 2.32. The molecule has 3 aliphatic rings. The van der Waals surface area contributed by atoms with Crippen molar-refractivity contribution in [3.05, 3.63) is 64.5 Å². The molecule has 0 aliphatic carbocycles. The number of hydrogen-bond donors (Lipinski definition) is 1. The van der Waals surface area contributed by atoms with Gasteiger partial charge in [0.1, 0.15) is 6.04 Å². The van der Waals surface area contributed by atoms with E-state index in [0.29, 0.717) is 17.7 Å². The van der Waals surface area contributed by atoms with Crippen molar-refractivity contribution in [2.45, 2.75) is 25.4 Å². The van der Waals surface area contributed by atoms with Crippen molar-refractivity contribution >= 4 is 50.7 Å². The summed E-state index contributed by atoms with van der Waals surface area (Å²) >= 11 is 1.76. The second-order valence-electron chi connectivity index (χ2n) is 9.20. The number of benzene rings is 2. The number of amides is 4. The number of nitrogens with one attached hydrogen (secondary N) is 1. The van der Waals surface area contributed by atoms with Crippen molar-refractivity contribution in [3.8, 4) is 0 Å². The first-order valence-corrected chi connectivity index (χ1v) is 12.7. The Hall–Kier alpha value is -3.56. The van der Waals surface area contributed by atoms with Crippen LogP contribution in [0.2, 0.25) is 0 Å². The van der Waals surface area contributed by atoms with Crippen LogP contribution in [0.3, 0.4) is 0 Å². The number of rotatable bonds is 4. The van der Waals surface area contributed by atoms with Crippen molar-refractivity contribution in [3.63, 3.8) is 0 Å². The first-order valence-electron chi connectivity index (χ1n) is 11.8. The van der Waals surface area contributed by atoms with E-state index in [2.05, 4.69) is 44.8 Å². The number of nitrogens with zero attached hydrogens (tertiary/aromatic N) is 3. The first kappa shape index (κ1) is 21.9. The number of imide groups is 2. The molecule has 0 saturated carbocycles. The number of thiophene rings is 1. The average Bonchev–Trinajstić information content (AvgIpc) is 3.43. The van der Waals surface area contributed by atoms with Crippen LogP contribution in [0.4, 0.5) is 5.69 Å². The van der Waals surface area contributed by atoms with Gasteiger partial charge >= 0.3 is 0 Å². The zero-order valence-corrected chi connectivity index (χ0v) is 19.8. The van der Waals surface area contributed by atoms with Crippen LogP contribution in [-0.2, 0) is 16.1 Å². The second-order valence-corrected chi connectivity index (χ2v) is 10.1. The molecule has 1 atom stereocenters. The van der Waals surface area contributed by atoms with Crippen molar-refractivity contribution in [2.24, 2.45) is 0 Å². The third kappa shape index (κ3) is 3.81. The largest absolute Gasteiger partial charge is 0.368 e. The molecule has 4 heterocycles. The summed E-state index contributed by atoms with van der Waals surface area (Å²) in [6, 6.07) is 13.0. The molecule has 1 N–H and O–H groups in total. The van der Waals surface area contributed by atoms with Gasteiger partial charge in [0.05, 0.1) is 11.1 Å². The molecular formula is C26H24N4O4S. The molecule has 6 rings (SSSR count). The minimum absolute atomic E-state index is 0.113. The number of piperazine rings is 1. The standard InChI is InChI=1S/C26H24N4O4S/c31-23-7-6-21(24(32)27-23)30-25(33)17-5-4-16(14-19(17)26(30)34)15-28-9-11-29(12-10-28)20-2-1-3-22-18(20)8-13-35-22/h1-5,8,13-14,21H,6-7,9-12,15H2,(H,27,31,32). The zero-order chi connectivity index (χ0) is 24.1. The summed E-state index contributed by atoms with van der Waals surface area (Å²) in [4.78, 5) is 55.5. The predicted octanol–water partition coefficient (Wildman–Crippen LogP) is 2.62. The maximum atomic E-state index is 13.1. The number of anilines is 1. The summed E-state index contributed by atoms with van der Waals surface area (Å²) in [7, 11) is 0. The second kappa shape index (κ2) is 8.58. The molecule has 2 aromatic carbocycles. The minimum atomic E-state index is -0.940. The molecule has 0 bridgehead atoms. The third-order valence-electron chi connectivity index (χ3n) is 7.10. The van der Waals surface area contributed by atoms with Crippen molar-refractivity contribution < 1.29 is 19.2 Å². The van der Waals surface area contributed by atoms with Gasteiger partial charge < -0.3 is 4.90 Å². The SMILES string of the molecule is O=C1CCC(N2C(=O)c3ccc(CN4CCN(c5cccc6sccc56)CC4)cc3C2=O)C(=O)N1. The van der Waals surface area contributed by atoms with E-state index in [0.717, 1.165) is 36.6 Å². The molecule has 0 radical (unpaired) electrons. The van der Waals surface area contributed by atoms with Gasteiger partial charge in [-0.3, -0.25) is 34.3 Å². The van der Waals surface area contributed by atoms with Gasteiger partial charge in [-0.2, -0.15) is 0 Å². The molecule has 2 fully saturated rings. The molecule has 3 aromatic rings. The van der Waals surface area contributed by atoms with E-state index in [1.807, 2.05) is 6.07 Å². The van der Waals surface area contributed by atoms with Crippen LogP contribution < -0.4 is 10.2 Å². The summed E-state index contributed by atoms with van der Waals surface area (Å²) in [5.41, 5.74) is 2.89. The molecule has 4 amide bonds. The number of piperidine rings is 1. The Morgan fingerprint density at radius 3 is 2.51 bits per heavy atom. The van der Waals surface area contributed by atoms with E-state index in [9.17, 15) is 19.2 Å². The van der Waals surface area contributed by atoms with Crippen LogP contribution in [0.1, 0.15) is 39.1 Å². The average molecular weight is 489 g/mol. The van der Waals surface area contributed by atoms with Gasteiger partial charge in [-0.15, -0.1) is 11.3 Å². The predicted molar refractivity (Wildman–Crippen MR) is 132 cm³/mol. The molecular weight excluding hydrogens is 464 g/mol. The normalized spacial score (nSPS) is 21.1. The van der Waals surface area contributed by atoms with Crippen LogP contribution in [0.5, 0.6) is 0 Å². The molecule has 35 heavy (non-hydrogen) atoms. The minimum Gasteiger partial charge on any atom is -0.368 e. The Morgan fingerprint density at radius 2 is 1.71 bits per heavy atom. The van der Waals surface area contributed by atoms with Crippen molar-refractivity contribution in [2.75, 3.05) is 31.1 Å². The lowest BCUT2D eigenvalue weighted by atomic mass is 10.0. The van der Waals surface area contributed by atoms with Gasteiger partial charge in [0.15, 0.2) is 0 Å². The Labute approximate surface area is 206 Å². The summed E-state index contributed by atoms with van der Waals surface area (Å²) in [6.45, 7) is 4.31. The summed E-state index contributed by atoms with van der Waals surface area (Å²) in [6.07, 6.45) is 0.272. The van der Waals surface area contributed by atoms with Gasteiger partial charge in [-0.25, -0.2) is 0 Å². The Morgan fingerprint density at radius 1 is 0.914 bits per heavy atom. The monoisotopic (exact) mass is 488 g/mol. The molecule has 0 spiro atoms. The molecule has 9 heteroatoms. The Bertz CT molecular complexity index is 1370. The number of fused-ring (bicyclic) bond motifs is 2. The molecule has 8 nitrogen and oxygen atoms in total. The Balaban J connectivity index is 1.14. The van der Waals surface area contributed by atoms with Gasteiger partial charge in [0.25, 0.3) is 11.8 Å². The molecule has 3 aliphatic heterocycles. The summed E-state index contributed by atoms with van der Waals surface area (Å²) in [5, 5.41) is 5.66. The first-order chi connectivity index (χ1) is 17.0. The van der Waals surface area contributed by atoms with Crippen LogP contribution in [0.25, 0.3) is 10.1 Å². The van der Waals surface area contributed by atoms with Crippen molar-refractivity contribution in [1.82, 2.24) is 15.1 Å². The lowest BCUT2D eigenvalue weighted by Gasteiger charge is -2.36. The fourth-order valence-electron chi connectivity index (χ4n) is 5.28. The highest BCUT2D eigenvalue weighted by Gasteiger charge is 2.44. The van der Waals surface area contributed by atoms with Crippen molar-refractivity contribution in [1.29, 1.82) is 0 Å². The fourth-order valence-corrected chi connectivity index (χ4v) is 6.08. The number of carbonyl (C=O) groups is 4. The maximum Gasteiger partial charge on any atom is 0.262 e. The lowest BCUT2D eigenvalue weighted by Crippen LogP contribution is -2.54. The van der Waals surface area contributed by atoms with Gasteiger partial charge in [0, 0.05) is 54.9 Å². The van der Waals surface area contributed by atoms with Gasteiger partial charge in [-0.1, -0.05) is 12.1 Å². The van der Waals surface area contributed by atoms with Gasteiger partial charge in [-0.05, 0) is 47.7 Å². The smallest absolute Gasteiger partial charge is 0.262 e. The highest BCUT2D eigenvalue weighted by atomic mass is 32.1. The number of carbonyl (C=O) groups excluding carboxylic acids is 4. The van der Waals surface area contributed by atoms with E-state index in [-0.39, 0.29) is 18.7 Å². The topological polar surface area (TPSA) is 90.0 Å². The molecule has 1 aromatic heterocycles. The fraction of sp³-hybridized carbons (Fsp3) is 0.308. The van der Waals surface area contributed by atoms with Crippen LogP contribution in [0.15, 0.2) is 47.8 Å². The quantitative estimate of drug-likeness (QED) is 0.568. The number of hydrogen-bond acceptors (Lipinski definition) is 7. The summed E-state index contributed by atoms with van der Waals surface area (Å²) < 4.78 is 1.30. The van der Waals surface area contributed by atoms with E-state index in [1.54, 1.807) is 23.5 Å².